The van der Waals surface area contributed by atoms with E-state index >= 15 is 0 Å². The zero-order chi connectivity index (χ0) is 14.6. The van der Waals surface area contributed by atoms with E-state index < -0.39 is 9.84 Å². The SMILES string of the molecule is CNC(CS(=O)(=O)c1ccc(Cl)cc1)c1ccccc1. The molecule has 3 nitrogen and oxygen atoms in total. The molecule has 0 aliphatic rings. The third-order valence-corrected chi connectivity index (χ3v) is 5.12. The molecule has 5 heteroatoms. The molecule has 2 aromatic carbocycles. The smallest absolute Gasteiger partial charge is 0.180 e. The number of hydrogen-bond acceptors (Lipinski definition) is 3. The quantitative estimate of drug-likeness (QED) is 0.923. The summed E-state index contributed by atoms with van der Waals surface area (Å²) in [5.74, 6) is 0.00907. The van der Waals surface area contributed by atoms with Gasteiger partial charge in [-0.3, -0.25) is 0 Å². The summed E-state index contributed by atoms with van der Waals surface area (Å²) < 4.78 is 24.8. The van der Waals surface area contributed by atoms with Gasteiger partial charge in [0, 0.05) is 11.1 Å². The molecular formula is C15H16ClNO2S. The number of benzene rings is 2. The molecule has 0 fully saturated rings. The first-order valence-corrected chi connectivity index (χ1v) is 8.26. The summed E-state index contributed by atoms with van der Waals surface area (Å²) in [6, 6.07) is 15.5. The average Bonchev–Trinajstić information content (AvgIpc) is 2.46. The van der Waals surface area contributed by atoms with Crippen LogP contribution in [0.2, 0.25) is 5.02 Å². The van der Waals surface area contributed by atoms with Crippen LogP contribution in [0.5, 0.6) is 0 Å². The molecule has 2 aromatic rings. The maximum Gasteiger partial charge on any atom is 0.180 e. The topological polar surface area (TPSA) is 46.2 Å². The fourth-order valence-electron chi connectivity index (χ4n) is 1.99. The molecular weight excluding hydrogens is 294 g/mol. The van der Waals surface area contributed by atoms with Crippen molar-refractivity contribution in [3.63, 3.8) is 0 Å². The van der Waals surface area contributed by atoms with E-state index in [0.717, 1.165) is 5.56 Å². The van der Waals surface area contributed by atoms with Crippen molar-refractivity contribution < 1.29 is 8.42 Å². The predicted octanol–water partition coefficient (Wildman–Crippen LogP) is 3.07. The van der Waals surface area contributed by atoms with Crippen LogP contribution < -0.4 is 5.32 Å². The molecule has 0 aromatic heterocycles. The minimum absolute atomic E-state index is 0.00907. The lowest BCUT2D eigenvalue weighted by Gasteiger charge is -2.16. The van der Waals surface area contributed by atoms with E-state index in [4.69, 9.17) is 11.6 Å². The Morgan fingerprint density at radius 3 is 2.20 bits per heavy atom. The second kappa shape index (κ2) is 6.39. The number of rotatable bonds is 5. The Hall–Kier alpha value is -1.36. The molecule has 0 bridgehead atoms. The maximum absolute atomic E-state index is 12.4. The van der Waals surface area contributed by atoms with Crippen LogP contribution in [0.25, 0.3) is 0 Å². The summed E-state index contributed by atoms with van der Waals surface area (Å²) in [7, 11) is -1.60. The molecule has 1 atom stereocenters. The zero-order valence-corrected chi connectivity index (χ0v) is 12.7. The lowest BCUT2D eigenvalue weighted by molar-refractivity contribution is 0.574. The summed E-state index contributed by atoms with van der Waals surface area (Å²) in [4.78, 5) is 0.290. The monoisotopic (exact) mass is 309 g/mol. The average molecular weight is 310 g/mol. The minimum Gasteiger partial charge on any atom is -0.312 e. The highest BCUT2D eigenvalue weighted by atomic mass is 35.5. The van der Waals surface area contributed by atoms with E-state index in [1.54, 1.807) is 19.2 Å². The van der Waals surface area contributed by atoms with Crippen molar-refractivity contribution in [2.75, 3.05) is 12.8 Å². The molecule has 0 saturated heterocycles. The Kier molecular flexibility index (Phi) is 4.81. The van der Waals surface area contributed by atoms with Crippen LogP contribution in [0, 0.1) is 0 Å². The molecule has 1 N–H and O–H groups in total. The van der Waals surface area contributed by atoms with Crippen LogP contribution in [0.1, 0.15) is 11.6 Å². The standard InChI is InChI=1S/C15H16ClNO2S/c1-17-15(12-5-3-2-4-6-12)11-20(18,19)14-9-7-13(16)8-10-14/h2-10,15,17H,11H2,1H3. The molecule has 0 saturated carbocycles. The third-order valence-electron chi connectivity index (χ3n) is 3.11. The van der Waals surface area contributed by atoms with Crippen LogP contribution in [0.3, 0.4) is 0 Å². The zero-order valence-electron chi connectivity index (χ0n) is 11.1. The second-order valence-corrected chi connectivity index (χ2v) is 6.96. The molecule has 106 valence electrons. The van der Waals surface area contributed by atoms with Crippen LogP contribution >= 0.6 is 11.6 Å². The summed E-state index contributed by atoms with van der Waals surface area (Å²) in [6.07, 6.45) is 0. The van der Waals surface area contributed by atoms with Crippen molar-refractivity contribution in [3.05, 3.63) is 65.2 Å². The number of sulfone groups is 1. The van der Waals surface area contributed by atoms with E-state index in [-0.39, 0.29) is 16.7 Å². The van der Waals surface area contributed by atoms with Gasteiger partial charge >= 0.3 is 0 Å². The molecule has 1 unspecified atom stereocenters. The Bertz CT molecular complexity index is 654. The molecule has 0 heterocycles. The highest BCUT2D eigenvalue weighted by Gasteiger charge is 2.21. The number of hydrogen-bond donors (Lipinski definition) is 1. The van der Waals surface area contributed by atoms with Crippen molar-refractivity contribution in [2.24, 2.45) is 0 Å². The molecule has 20 heavy (non-hydrogen) atoms. The van der Waals surface area contributed by atoms with Crippen molar-refractivity contribution in [1.29, 1.82) is 0 Å². The first-order chi connectivity index (χ1) is 9.53. The largest absolute Gasteiger partial charge is 0.312 e. The lowest BCUT2D eigenvalue weighted by Crippen LogP contribution is -2.25. The normalized spacial score (nSPS) is 13.1. The fourth-order valence-corrected chi connectivity index (χ4v) is 3.66. The van der Waals surface area contributed by atoms with E-state index in [1.165, 1.54) is 12.1 Å². The van der Waals surface area contributed by atoms with Crippen molar-refractivity contribution in [1.82, 2.24) is 5.32 Å². The van der Waals surface area contributed by atoms with Gasteiger partial charge in [0.25, 0.3) is 0 Å². The van der Waals surface area contributed by atoms with E-state index in [2.05, 4.69) is 5.32 Å². The highest BCUT2D eigenvalue weighted by Crippen LogP contribution is 2.21. The van der Waals surface area contributed by atoms with Gasteiger partial charge in [-0.05, 0) is 36.9 Å². The van der Waals surface area contributed by atoms with Crippen molar-refractivity contribution in [2.45, 2.75) is 10.9 Å². The summed E-state index contributed by atoms with van der Waals surface area (Å²) >= 11 is 5.78. The Morgan fingerprint density at radius 2 is 1.65 bits per heavy atom. The van der Waals surface area contributed by atoms with Crippen LogP contribution in [-0.4, -0.2) is 21.2 Å². The first kappa shape index (κ1) is 15.0. The third kappa shape index (κ3) is 3.60. The molecule has 0 aliphatic carbocycles. The van der Waals surface area contributed by atoms with Crippen molar-refractivity contribution >= 4 is 21.4 Å². The molecule has 0 amide bonds. The van der Waals surface area contributed by atoms with Crippen LogP contribution in [-0.2, 0) is 9.84 Å². The van der Waals surface area contributed by atoms with Gasteiger partial charge in [0.2, 0.25) is 0 Å². The minimum atomic E-state index is -3.36. The van der Waals surface area contributed by atoms with Gasteiger partial charge < -0.3 is 5.32 Å². The molecule has 0 radical (unpaired) electrons. The van der Waals surface area contributed by atoms with Crippen LogP contribution in [0.4, 0.5) is 0 Å². The van der Waals surface area contributed by atoms with E-state index in [1.807, 2.05) is 30.3 Å². The van der Waals surface area contributed by atoms with E-state index in [9.17, 15) is 8.42 Å². The maximum atomic E-state index is 12.4. The Balaban J connectivity index is 2.24. The fraction of sp³-hybridized carbons (Fsp3) is 0.200. The van der Waals surface area contributed by atoms with Gasteiger partial charge in [0.1, 0.15) is 0 Å². The molecule has 0 spiro atoms. The Morgan fingerprint density at radius 1 is 1.05 bits per heavy atom. The van der Waals surface area contributed by atoms with Gasteiger partial charge in [-0.2, -0.15) is 0 Å². The molecule has 2 rings (SSSR count). The lowest BCUT2D eigenvalue weighted by atomic mass is 10.1. The number of nitrogens with one attached hydrogen (secondary N) is 1. The first-order valence-electron chi connectivity index (χ1n) is 6.23. The highest BCUT2D eigenvalue weighted by molar-refractivity contribution is 7.91. The van der Waals surface area contributed by atoms with Gasteiger partial charge in [-0.15, -0.1) is 0 Å². The second-order valence-electron chi connectivity index (χ2n) is 4.49. The van der Waals surface area contributed by atoms with Crippen LogP contribution in [0.15, 0.2) is 59.5 Å². The molecule has 0 aliphatic heterocycles. The number of halogens is 1. The summed E-state index contributed by atoms with van der Waals surface area (Å²) in [5, 5.41) is 3.58. The van der Waals surface area contributed by atoms with Gasteiger partial charge in [-0.1, -0.05) is 41.9 Å². The van der Waals surface area contributed by atoms with Crippen molar-refractivity contribution in [3.8, 4) is 0 Å². The predicted molar refractivity (Wildman–Crippen MR) is 81.7 cm³/mol. The van der Waals surface area contributed by atoms with Gasteiger partial charge in [0.15, 0.2) is 9.84 Å². The summed E-state index contributed by atoms with van der Waals surface area (Å²) in [5.41, 5.74) is 0.951. The van der Waals surface area contributed by atoms with Gasteiger partial charge in [-0.25, -0.2) is 8.42 Å². The van der Waals surface area contributed by atoms with E-state index in [0.29, 0.717) is 5.02 Å². The van der Waals surface area contributed by atoms with Gasteiger partial charge in [0.05, 0.1) is 10.6 Å². The Labute approximate surface area is 124 Å². The summed E-state index contributed by atoms with van der Waals surface area (Å²) in [6.45, 7) is 0.